The van der Waals surface area contributed by atoms with E-state index in [4.69, 9.17) is 4.74 Å². The number of ether oxygens (including phenoxy) is 1. The smallest absolute Gasteiger partial charge is 0.356 e. The summed E-state index contributed by atoms with van der Waals surface area (Å²) in [5.74, 6) is -1.25. The van der Waals surface area contributed by atoms with Gasteiger partial charge in [-0.1, -0.05) is 48.5 Å². The van der Waals surface area contributed by atoms with E-state index in [1.54, 1.807) is 18.2 Å². The Morgan fingerprint density at radius 3 is 2.21 bits per heavy atom. The molecule has 0 spiro atoms. The molecule has 0 atom stereocenters. The molecular formula is C20H12O3S. The van der Waals surface area contributed by atoms with E-state index in [1.807, 2.05) is 54.6 Å². The van der Waals surface area contributed by atoms with Gasteiger partial charge in [-0.3, -0.25) is 0 Å². The molecule has 3 nitrogen and oxygen atoms in total. The minimum Gasteiger partial charge on any atom is -0.385 e. The summed E-state index contributed by atoms with van der Waals surface area (Å²) in [4.78, 5) is 24.9. The highest BCUT2D eigenvalue weighted by molar-refractivity contribution is 7.20. The molecule has 4 aromatic rings. The van der Waals surface area contributed by atoms with E-state index in [9.17, 15) is 9.59 Å². The fourth-order valence-corrected chi connectivity index (χ4v) is 3.53. The minimum absolute atomic E-state index is 0.364. The second-order valence-electron chi connectivity index (χ2n) is 5.39. The lowest BCUT2D eigenvalue weighted by molar-refractivity contribution is 0.0401. The van der Waals surface area contributed by atoms with Crippen LogP contribution >= 0.6 is 11.3 Å². The molecule has 116 valence electrons. The summed E-state index contributed by atoms with van der Waals surface area (Å²) in [6.07, 6.45) is 0. The molecule has 0 N–H and O–H groups in total. The number of benzene rings is 3. The number of hydrogen-bond donors (Lipinski definition) is 0. The van der Waals surface area contributed by atoms with E-state index in [0.717, 1.165) is 20.9 Å². The average molecular weight is 332 g/mol. The van der Waals surface area contributed by atoms with E-state index in [2.05, 4.69) is 0 Å². The Hall–Kier alpha value is -2.98. The van der Waals surface area contributed by atoms with Crippen molar-refractivity contribution in [2.24, 2.45) is 0 Å². The van der Waals surface area contributed by atoms with Crippen LogP contribution in [0.1, 0.15) is 20.0 Å². The molecule has 1 aromatic heterocycles. The van der Waals surface area contributed by atoms with Crippen molar-refractivity contribution in [3.05, 3.63) is 83.2 Å². The van der Waals surface area contributed by atoms with Gasteiger partial charge in [-0.05, 0) is 40.4 Å². The van der Waals surface area contributed by atoms with Gasteiger partial charge in [0.05, 0.1) is 5.56 Å². The third-order valence-electron chi connectivity index (χ3n) is 3.80. The van der Waals surface area contributed by atoms with Gasteiger partial charge in [0.2, 0.25) is 0 Å². The zero-order chi connectivity index (χ0) is 16.5. The normalized spacial score (nSPS) is 10.8. The molecule has 0 bridgehead atoms. The lowest BCUT2D eigenvalue weighted by atomic mass is 10.1. The Morgan fingerprint density at radius 1 is 0.708 bits per heavy atom. The quantitative estimate of drug-likeness (QED) is 0.381. The molecule has 0 saturated heterocycles. The van der Waals surface area contributed by atoms with Crippen LogP contribution in [0.4, 0.5) is 0 Å². The average Bonchev–Trinajstić information content (AvgIpc) is 3.05. The fourth-order valence-electron chi connectivity index (χ4n) is 2.59. The van der Waals surface area contributed by atoms with Crippen molar-refractivity contribution in [2.75, 3.05) is 0 Å². The van der Waals surface area contributed by atoms with E-state index in [0.29, 0.717) is 10.4 Å². The molecule has 4 rings (SSSR count). The first kappa shape index (κ1) is 14.6. The van der Waals surface area contributed by atoms with Gasteiger partial charge in [-0.15, -0.1) is 11.3 Å². The molecule has 0 saturated carbocycles. The third kappa shape index (κ3) is 2.68. The molecule has 3 aromatic carbocycles. The number of fused-ring (bicyclic) bond motifs is 2. The lowest BCUT2D eigenvalue weighted by Gasteiger charge is -2.03. The van der Waals surface area contributed by atoms with Gasteiger partial charge >= 0.3 is 11.9 Å². The van der Waals surface area contributed by atoms with E-state index in [-0.39, 0.29) is 0 Å². The van der Waals surface area contributed by atoms with Crippen LogP contribution in [0.5, 0.6) is 0 Å². The molecule has 0 aliphatic carbocycles. The summed E-state index contributed by atoms with van der Waals surface area (Å²) in [7, 11) is 0. The zero-order valence-electron chi connectivity index (χ0n) is 12.6. The first-order chi connectivity index (χ1) is 11.7. The number of hydrogen-bond acceptors (Lipinski definition) is 4. The van der Waals surface area contributed by atoms with Gasteiger partial charge in [-0.2, -0.15) is 0 Å². The van der Waals surface area contributed by atoms with E-state index in [1.165, 1.54) is 11.3 Å². The Balaban J connectivity index is 1.58. The molecular weight excluding hydrogens is 320 g/mol. The van der Waals surface area contributed by atoms with Crippen LogP contribution in [0, 0.1) is 0 Å². The van der Waals surface area contributed by atoms with Crippen LogP contribution in [-0.4, -0.2) is 11.9 Å². The fraction of sp³-hybridized carbons (Fsp3) is 0. The van der Waals surface area contributed by atoms with Crippen molar-refractivity contribution in [3.63, 3.8) is 0 Å². The highest BCUT2D eigenvalue weighted by Crippen LogP contribution is 2.26. The monoisotopic (exact) mass is 332 g/mol. The highest BCUT2D eigenvalue weighted by Gasteiger charge is 2.17. The Morgan fingerprint density at radius 2 is 1.42 bits per heavy atom. The molecule has 4 heteroatoms. The van der Waals surface area contributed by atoms with Gasteiger partial charge in [-0.25, -0.2) is 9.59 Å². The van der Waals surface area contributed by atoms with Crippen LogP contribution < -0.4 is 0 Å². The van der Waals surface area contributed by atoms with Gasteiger partial charge in [0.25, 0.3) is 0 Å². The third-order valence-corrected chi connectivity index (χ3v) is 4.89. The lowest BCUT2D eigenvalue weighted by Crippen LogP contribution is -2.11. The van der Waals surface area contributed by atoms with Crippen LogP contribution in [0.25, 0.3) is 20.9 Å². The molecule has 0 amide bonds. The number of carbonyl (C=O) groups excluding carboxylic acids is 2. The van der Waals surface area contributed by atoms with Crippen molar-refractivity contribution < 1.29 is 14.3 Å². The Labute approximate surface area is 142 Å². The van der Waals surface area contributed by atoms with Gasteiger partial charge in [0, 0.05) is 4.70 Å². The SMILES string of the molecule is O=C(OC(=O)c1cc2ccccc2s1)c1ccc2ccccc2c1. The van der Waals surface area contributed by atoms with Crippen LogP contribution in [0.15, 0.2) is 72.8 Å². The summed E-state index contributed by atoms with van der Waals surface area (Å²) in [5, 5.41) is 2.93. The van der Waals surface area contributed by atoms with Crippen LogP contribution in [0.3, 0.4) is 0 Å². The Kier molecular flexibility index (Phi) is 3.59. The molecule has 0 fully saturated rings. The van der Waals surface area contributed by atoms with Crippen molar-refractivity contribution in [1.82, 2.24) is 0 Å². The summed E-state index contributed by atoms with van der Waals surface area (Å²) in [5.41, 5.74) is 0.364. The molecule has 1 heterocycles. The maximum absolute atomic E-state index is 12.2. The molecule has 24 heavy (non-hydrogen) atoms. The van der Waals surface area contributed by atoms with Crippen LogP contribution in [-0.2, 0) is 4.74 Å². The molecule has 0 aliphatic heterocycles. The number of rotatable bonds is 2. The number of carbonyl (C=O) groups is 2. The minimum atomic E-state index is -0.636. The predicted molar refractivity (Wildman–Crippen MR) is 95.5 cm³/mol. The molecule has 0 radical (unpaired) electrons. The summed E-state index contributed by atoms with van der Waals surface area (Å²) in [6, 6.07) is 22.4. The highest BCUT2D eigenvalue weighted by atomic mass is 32.1. The first-order valence-electron chi connectivity index (χ1n) is 7.44. The number of thiophene rings is 1. The molecule has 0 unspecified atom stereocenters. The topological polar surface area (TPSA) is 43.4 Å². The number of esters is 2. The largest absolute Gasteiger partial charge is 0.385 e. The Bertz CT molecular complexity index is 1050. The van der Waals surface area contributed by atoms with E-state index < -0.39 is 11.9 Å². The van der Waals surface area contributed by atoms with E-state index >= 15 is 0 Å². The standard InChI is InChI=1S/C20H12O3S/c21-19(16-10-9-13-5-1-2-6-14(13)11-16)23-20(22)18-12-15-7-3-4-8-17(15)24-18/h1-12H. The first-order valence-corrected chi connectivity index (χ1v) is 8.26. The van der Waals surface area contributed by atoms with Crippen molar-refractivity contribution in [2.45, 2.75) is 0 Å². The second-order valence-corrected chi connectivity index (χ2v) is 6.47. The van der Waals surface area contributed by atoms with Crippen molar-refractivity contribution in [1.29, 1.82) is 0 Å². The zero-order valence-corrected chi connectivity index (χ0v) is 13.4. The maximum atomic E-state index is 12.2. The maximum Gasteiger partial charge on any atom is 0.356 e. The summed E-state index contributed by atoms with van der Waals surface area (Å²) >= 11 is 1.32. The summed E-state index contributed by atoms with van der Waals surface area (Å²) in [6.45, 7) is 0. The van der Waals surface area contributed by atoms with Gasteiger partial charge in [0.15, 0.2) is 0 Å². The van der Waals surface area contributed by atoms with Crippen molar-refractivity contribution >= 4 is 44.1 Å². The second kappa shape index (κ2) is 5.91. The summed E-state index contributed by atoms with van der Waals surface area (Å²) < 4.78 is 6.02. The van der Waals surface area contributed by atoms with Gasteiger partial charge < -0.3 is 4.74 Å². The molecule has 0 aliphatic rings. The van der Waals surface area contributed by atoms with Gasteiger partial charge in [0.1, 0.15) is 4.88 Å². The van der Waals surface area contributed by atoms with Crippen LogP contribution in [0.2, 0.25) is 0 Å². The van der Waals surface area contributed by atoms with Crippen molar-refractivity contribution in [3.8, 4) is 0 Å². The predicted octanol–water partition coefficient (Wildman–Crippen LogP) is 5.05.